The number of rotatable bonds is 5. The van der Waals surface area contributed by atoms with Crippen molar-refractivity contribution in [2.24, 2.45) is 0 Å². The molecule has 0 saturated carbocycles. The molecule has 0 bridgehead atoms. The minimum absolute atomic E-state index is 0.124. The number of nitrogens with zero attached hydrogens (tertiary/aromatic N) is 2. The molecule has 0 radical (unpaired) electrons. The monoisotopic (exact) mass is 380 g/mol. The number of hydrogen-bond acceptors (Lipinski definition) is 5. The molecule has 0 spiro atoms. The van der Waals surface area contributed by atoms with Gasteiger partial charge in [0, 0.05) is 5.56 Å². The van der Waals surface area contributed by atoms with Crippen molar-refractivity contribution in [2.75, 3.05) is 7.11 Å². The van der Waals surface area contributed by atoms with Gasteiger partial charge in [0.2, 0.25) is 11.7 Å². The number of alkyl halides is 3. The zero-order valence-electron chi connectivity index (χ0n) is 13.9. The number of thioether (sulfide) groups is 1. The Hall–Kier alpha value is -2.48. The average Bonchev–Trinajstić information content (AvgIpc) is 3.12. The summed E-state index contributed by atoms with van der Waals surface area (Å²) in [5.41, 5.74) is -0.498. The maximum Gasteiger partial charge on any atom is 0.416 e. The number of hydrogen-bond donors (Lipinski definition) is 0. The Morgan fingerprint density at radius 1 is 1.12 bits per heavy atom. The number of methoxy groups -OCH3 is 1. The summed E-state index contributed by atoms with van der Waals surface area (Å²) < 4.78 is 49.1. The number of benzene rings is 2. The van der Waals surface area contributed by atoms with E-state index in [4.69, 9.17) is 9.26 Å². The van der Waals surface area contributed by atoms with E-state index in [1.807, 2.05) is 31.2 Å². The molecule has 4 nitrogen and oxygen atoms in total. The van der Waals surface area contributed by atoms with Crippen LogP contribution in [0.25, 0.3) is 11.4 Å². The van der Waals surface area contributed by atoms with Crippen LogP contribution in [0.3, 0.4) is 0 Å². The van der Waals surface area contributed by atoms with E-state index in [1.54, 1.807) is 7.11 Å². The van der Waals surface area contributed by atoms with Crippen molar-refractivity contribution in [1.29, 1.82) is 0 Å². The molecule has 1 unspecified atom stereocenters. The third-order valence-electron chi connectivity index (χ3n) is 3.61. The summed E-state index contributed by atoms with van der Waals surface area (Å²) >= 11 is 1.46. The van der Waals surface area contributed by atoms with Gasteiger partial charge in [-0.2, -0.15) is 18.2 Å². The topological polar surface area (TPSA) is 48.2 Å². The second-order valence-electron chi connectivity index (χ2n) is 5.45. The Morgan fingerprint density at radius 3 is 2.62 bits per heavy atom. The van der Waals surface area contributed by atoms with E-state index in [2.05, 4.69) is 10.1 Å². The van der Waals surface area contributed by atoms with Crippen LogP contribution < -0.4 is 4.74 Å². The lowest BCUT2D eigenvalue weighted by Crippen LogP contribution is -2.04. The van der Waals surface area contributed by atoms with Crippen molar-refractivity contribution < 1.29 is 22.4 Å². The second kappa shape index (κ2) is 7.41. The molecule has 0 aliphatic rings. The molecule has 3 aromatic rings. The Morgan fingerprint density at radius 2 is 1.88 bits per heavy atom. The summed E-state index contributed by atoms with van der Waals surface area (Å²) in [6.45, 7) is 1.88. The summed E-state index contributed by atoms with van der Waals surface area (Å²) in [5, 5.41) is 3.62. The minimum Gasteiger partial charge on any atom is -0.496 e. The maximum absolute atomic E-state index is 12.9. The fourth-order valence-electron chi connectivity index (χ4n) is 2.31. The molecule has 0 aliphatic carbocycles. The molecule has 136 valence electrons. The van der Waals surface area contributed by atoms with E-state index in [0.717, 1.165) is 22.8 Å². The predicted octanol–water partition coefficient (Wildman–Crippen LogP) is 5.62. The van der Waals surface area contributed by atoms with Crippen LogP contribution in [0, 0.1) is 0 Å². The highest BCUT2D eigenvalue weighted by Crippen LogP contribution is 2.39. The van der Waals surface area contributed by atoms with Crippen LogP contribution >= 0.6 is 11.8 Å². The average molecular weight is 380 g/mol. The van der Waals surface area contributed by atoms with Crippen LogP contribution in [0.4, 0.5) is 13.2 Å². The standard InChI is InChI=1S/C18H15F3N2O2S/c1-11(26-15-9-4-3-8-14(15)24-2)17-22-16(23-25-17)12-6-5-7-13(10-12)18(19,20)21/h3-11H,1-2H3. The van der Waals surface area contributed by atoms with Crippen LogP contribution in [-0.4, -0.2) is 17.3 Å². The molecule has 3 rings (SSSR count). The van der Waals surface area contributed by atoms with Crippen LogP contribution in [0.15, 0.2) is 57.9 Å². The molecule has 8 heteroatoms. The molecule has 1 atom stereocenters. The predicted molar refractivity (Wildman–Crippen MR) is 92.0 cm³/mol. The molecular formula is C18H15F3N2O2S. The van der Waals surface area contributed by atoms with Crippen molar-refractivity contribution in [2.45, 2.75) is 23.2 Å². The first-order chi connectivity index (χ1) is 12.4. The summed E-state index contributed by atoms with van der Waals surface area (Å²) in [7, 11) is 1.59. The Labute approximate surface area is 152 Å². The first-order valence-corrected chi connectivity index (χ1v) is 8.57. The lowest BCUT2D eigenvalue weighted by molar-refractivity contribution is -0.137. The van der Waals surface area contributed by atoms with Gasteiger partial charge in [0.1, 0.15) is 5.75 Å². The lowest BCUT2D eigenvalue weighted by atomic mass is 10.1. The van der Waals surface area contributed by atoms with Crippen molar-refractivity contribution in [3.8, 4) is 17.1 Å². The molecule has 26 heavy (non-hydrogen) atoms. The van der Waals surface area contributed by atoms with Gasteiger partial charge in [-0.05, 0) is 31.2 Å². The molecular weight excluding hydrogens is 365 g/mol. The molecule has 0 saturated heterocycles. The molecule has 0 fully saturated rings. The Kier molecular flexibility index (Phi) is 5.22. The fourth-order valence-corrected chi connectivity index (χ4v) is 3.31. The highest BCUT2D eigenvalue weighted by atomic mass is 32.2. The number of aromatic nitrogens is 2. The maximum atomic E-state index is 12.9. The van der Waals surface area contributed by atoms with E-state index in [0.29, 0.717) is 5.89 Å². The summed E-state index contributed by atoms with van der Waals surface area (Å²) in [5.74, 6) is 1.17. The van der Waals surface area contributed by atoms with E-state index < -0.39 is 11.7 Å². The smallest absolute Gasteiger partial charge is 0.416 e. The minimum atomic E-state index is -4.42. The Balaban J connectivity index is 1.81. The van der Waals surface area contributed by atoms with E-state index >= 15 is 0 Å². The van der Waals surface area contributed by atoms with Crippen molar-refractivity contribution >= 4 is 11.8 Å². The zero-order valence-corrected chi connectivity index (χ0v) is 14.8. The summed E-state index contributed by atoms with van der Waals surface area (Å²) in [4.78, 5) is 5.15. The van der Waals surface area contributed by atoms with Crippen LogP contribution in [0.1, 0.15) is 23.6 Å². The highest BCUT2D eigenvalue weighted by molar-refractivity contribution is 7.99. The lowest BCUT2D eigenvalue weighted by Gasteiger charge is -2.10. The summed E-state index contributed by atoms with van der Waals surface area (Å²) in [6, 6.07) is 12.4. The number of ether oxygens (including phenoxy) is 1. The normalized spacial score (nSPS) is 12.8. The Bertz CT molecular complexity index is 896. The van der Waals surface area contributed by atoms with Gasteiger partial charge < -0.3 is 9.26 Å². The van der Waals surface area contributed by atoms with Gasteiger partial charge in [-0.3, -0.25) is 0 Å². The largest absolute Gasteiger partial charge is 0.496 e. The fraction of sp³-hybridized carbons (Fsp3) is 0.222. The first kappa shape index (κ1) is 18.3. The molecule has 1 aromatic heterocycles. The third kappa shape index (κ3) is 4.01. The molecule has 0 aliphatic heterocycles. The van der Waals surface area contributed by atoms with Gasteiger partial charge in [0.15, 0.2) is 0 Å². The SMILES string of the molecule is COc1ccccc1SC(C)c1nc(-c2cccc(C(F)(F)F)c2)no1. The number of para-hydroxylation sites is 1. The molecule has 1 heterocycles. The third-order valence-corrected chi connectivity index (χ3v) is 4.76. The van der Waals surface area contributed by atoms with Crippen LogP contribution in [-0.2, 0) is 6.18 Å². The zero-order chi connectivity index (χ0) is 18.7. The van der Waals surface area contributed by atoms with Crippen LogP contribution in [0.2, 0.25) is 0 Å². The van der Waals surface area contributed by atoms with Crippen molar-refractivity contribution in [3.63, 3.8) is 0 Å². The first-order valence-electron chi connectivity index (χ1n) is 7.69. The van der Waals surface area contributed by atoms with Gasteiger partial charge in [0.05, 0.1) is 22.8 Å². The van der Waals surface area contributed by atoms with Crippen LogP contribution in [0.5, 0.6) is 5.75 Å². The van der Waals surface area contributed by atoms with Crippen molar-refractivity contribution in [1.82, 2.24) is 10.1 Å². The van der Waals surface area contributed by atoms with Gasteiger partial charge in [-0.15, -0.1) is 11.8 Å². The van der Waals surface area contributed by atoms with E-state index in [9.17, 15) is 13.2 Å². The van der Waals surface area contributed by atoms with Gasteiger partial charge >= 0.3 is 6.18 Å². The van der Waals surface area contributed by atoms with E-state index in [-0.39, 0.29) is 16.6 Å². The van der Waals surface area contributed by atoms with Gasteiger partial charge in [0.25, 0.3) is 0 Å². The van der Waals surface area contributed by atoms with Gasteiger partial charge in [-0.25, -0.2) is 0 Å². The van der Waals surface area contributed by atoms with E-state index in [1.165, 1.54) is 23.9 Å². The quantitative estimate of drug-likeness (QED) is 0.538. The summed E-state index contributed by atoms with van der Waals surface area (Å²) in [6.07, 6.45) is -4.42. The highest BCUT2D eigenvalue weighted by Gasteiger charge is 2.31. The molecule has 0 amide bonds. The molecule has 0 N–H and O–H groups in total. The van der Waals surface area contributed by atoms with Crippen molar-refractivity contribution in [3.05, 3.63) is 60.0 Å². The molecule has 2 aromatic carbocycles. The van der Waals surface area contributed by atoms with Gasteiger partial charge in [-0.1, -0.05) is 29.4 Å². The number of halogens is 3. The second-order valence-corrected chi connectivity index (χ2v) is 6.83.